The number of carbonyl (C=O) groups excluding carboxylic acids is 1. The predicted molar refractivity (Wildman–Crippen MR) is 116 cm³/mol. The minimum absolute atomic E-state index is 0.0439. The lowest BCUT2D eigenvalue weighted by molar-refractivity contribution is -0.133. The highest BCUT2D eigenvalue weighted by Gasteiger charge is 2.38. The van der Waals surface area contributed by atoms with Gasteiger partial charge in [0, 0.05) is 30.5 Å². The first kappa shape index (κ1) is 20.6. The van der Waals surface area contributed by atoms with Crippen LogP contribution < -0.4 is 0 Å². The van der Waals surface area contributed by atoms with E-state index in [1.165, 1.54) is 4.31 Å². The number of nitrogens with zero attached hydrogens (tertiary/aromatic N) is 2. The average molecular weight is 477 g/mol. The summed E-state index contributed by atoms with van der Waals surface area (Å²) in [6, 6.07) is 14.1. The van der Waals surface area contributed by atoms with Crippen LogP contribution in [0, 0.1) is 0 Å². The van der Waals surface area contributed by atoms with Gasteiger partial charge in [0.2, 0.25) is 15.9 Å². The van der Waals surface area contributed by atoms with Crippen LogP contribution in [-0.4, -0.2) is 43.2 Å². The van der Waals surface area contributed by atoms with E-state index in [-0.39, 0.29) is 17.2 Å². The molecule has 1 fully saturated rings. The van der Waals surface area contributed by atoms with Crippen molar-refractivity contribution < 1.29 is 13.2 Å². The van der Waals surface area contributed by atoms with Crippen LogP contribution in [0.25, 0.3) is 0 Å². The minimum Gasteiger partial charge on any atom is -0.343 e. The van der Waals surface area contributed by atoms with Gasteiger partial charge in [0.05, 0.1) is 10.9 Å². The third-order valence-electron chi connectivity index (χ3n) is 5.86. The van der Waals surface area contributed by atoms with Crippen molar-refractivity contribution in [3.8, 4) is 0 Å². The zero-order chi connectivity index (χ0) is 20.4. The van der Waals surface area contributed by atoms with Crippen molar-refractivity contribution in [3.63, 3.8) is 0 Å². The summed E-state index contributed by atoms with van der Waals surface area (Å²) in [7, 11) is -3.71. The Labute approximate surface area is 180 Å². The van der Waals surface area contributed by atoms with Crippen molar-refractivity contribution in [2.75, 3.05) is 19.6 Å². The van der Waals surface area contributed by atoms with Crippen LogP contribution in [-0.2, 0) is 21.2 Å². The molecular weight excluding hydrogens is 452 g/mol. The molecule has 2 aliphatic rings. The molecule has 1 atom stereocenters. The number of fused-ring (bicyclic) bond motifs is 1. The quantitative estimate of drug-likeness (QED) is 0.665. The maximum absolute atomic E-state index is 13.5. The SMILES string of the molecule is O=C(C[C@@H]1c2ccccc2CCN1S(=O)(=O)c1ccc(Br)cc1)N1CCCCC1. The summed E-state index contributed by atoms with van der Waals surface area (Å²) in [4.78, 5) is 15.2. The highest BCUT2D eigenvalue weighted by atomic mass is 79.9. The Bertz CT molecular complexity index is 985. The number of halogens is 1. The highest BCUT2D eigenvalue weighted by molar-refractivity contribution is 9.10. The first-order valence-electron chi connectivity index (χ1n) is 10.1. The zero-order valence-electron chi connectivity index (χ0n) is 16.3. The van der Waals surface area contributed by atoms with Gasteiger partial charge in [0.25, 0.3) is 0 Å². The van der Waals surface area contributed by atoms with Crippen LogP contribution in [0.2, 0.25) is 0 Å². The summed E-state index contributed by atoms with van der Waals surface area (Å²) >= 11 is 3.36. The van der Waals surface area contributed by atoms with Gasteiger partial charge in [-0.05, 0) is 61.1 Å². The van der Waals surface area contributed by atoms with Gasteiger partial charge >= 0.3 is 0 Å². The molecule has 0 unspecified atom stereocenters. The fraction of sp³-hybridized carbons (Fsp3) is 0.409. The summed E-state index contributed by atoms with van der Waals surface area (Å²) in [6.45, 7) is 1.92. The molecule has 0 N–H and O–H groups in total. The number of likely N-dealkylation sites (tertiary alicyclic amines) is 1. The van der Waals surface area contributed by atoms with Gasteiger partial charge < -0.3 is 4.90 Å². The van der Waals surface area contributed by atoms with Gasteiger partial charge in [0.1, 0.15) is 0 Å². The molecule has 2 aliphatic heterocycles. The van der Waals surface area contributed by atoms with Gasteiger partial charge in [-0.3, -0.25) is 4.79 Å². The first-order valence-corrected chi connectivity index (χ1v) is 12.3. The molecule has 0 aromatic heterocycles. The van der Waals surface area contributed by atoms with Crippen molar-refractivity contribution >= 4 is 31.9 Å². The van der Waals surface area contributed by atoms with Crippen LogP contribution in [0.3, 0.4) is 0 Å². The van der Waals surface area contributed by atoms with Crippen molar-refractivity contribution in [3.05, 3.63) is 64.1 Å². The molecule has 0 saturated carbocycles. The summed E-state index contributed by atoms with van der Waals surface area (Å²) < 4.78 is 29.3. The van der Waals surface area contributed by atoms with Crippen molar-refractivity contribution in [1.29, 1.82) is 0 Å². The second-order valence-corrected chi connectivity index (χ2v) is 10.5. The number of sulfonamides is 1. The van der Waals surface area contributed by atoms with E-state index in [0.717, 1.165) is 48.0 Å². The van der Waals surface area contributed by atoms with Gasteiger partial charge in [-0.1, -0.05) is 40.2 Å². The Balaban J connectivity index is 1.68. The Kier molecular flexibility index (Phi) is 6.08. The lowest BCUT2D eigenvalue weighted by Crippen LogP contribution is -2.43. The normalized spacial score (nSPS) is 20.3. The second-order valence-electron chi connectivity index (χ2n) is 7.68. The third kappa shape index (κ3) is 4.27. The summed E-state index contributed by atoms with van der Waals surface area (Å²) in [5.74, 6) is 0.0439. The molecule has 0 aliphatic carbocycles. The van der Waals surface area contributed by atoms with E-state index in [9.17, 15) is 13.2 Å². The Morgan fingerprint density at radius 2 is 1.66 bits per heavy atom. The van der Waals surface area contributed by atoms with Gasteiger partial charge in [-0.2, -0.15) is 4.31 Å². The van der Waals surface area contributed by atoms with E-state index in [1.807, 2.05) is 29.2 Å². The molecule has 5 nitrogen and oxygen atoms in total. The number of rotatable bonds is 4. The van der Waals surface area contributed by atoms with E-state index < -0.39 is 16.1 Å². The number of piperidine rings is 1. The summed E-state index contributed by atoms with van der Waals surface area (Å²) in [5.41, 5.74) is 2.08. The maximum atomic E-state index is 13.5. The number of hydrogen-bond donors (Lipinski definition) is 0. The van der Waals surface area contributed by atoms with Gasteiger partial charge in [0.15, 0.2) is 0 Å². The Morgan fingerprint density at radius 1 is 0.966 bits per heavy atom. The molecule has 0 spiro atoms. The monoisotopic (exact) mass is 476 g/mol. The van der Waals surface area contributed by atoms with E-state index in [0.29, 0.717) is 13.0 Å². The lowest BCUT2D eigenvalue weighted by Gasteiger charge is -2.37. The third-order valence-corrected chi connectivity index (χ3v) is 8.31. The lowest BCUT2D eigenvalue weighted by atomic mass is 9.92. The fourth-order valence-electron chi connectivity index (χ4n) is 4.31. The van der Waals surface area contributed by atoms with E-state index in [4.69, 9.17) is 0 Å². The van der Waals surface area contributed by atoms with Crippen LogP contribution in [0.15, 0.2) is 57.9 Å². The van der Waals surface area contributed by atoms with Crippen LogP contribution in [0.5, 0.6) is 0 Å². The maximum Gasteiger partial charge on any atom is 0.243 e. The fourth-order valence-corrected chi connectivity index (χ4v) is 6.18. The largest absolute Gasteiger partial charge is 0.343 e. The molecule has 0 bridgehead atoms. The zero-order valence-corrected chi connectivity index (χ0v) is 18.7. The molecule has 7 heteroatoms. The summed E-state index contributed by atoms with van der Waals surface area (Å²) in [6.07, 6.45) is 4.04. The highest BCUT2D eigenvalue weighted by Crippen LogP contribution is 2.37. The minimum atomic E-state index is -3.71. The number of amides is 1. The molecule has 1 amide bonds. The molecule has 2 heterocycles. The second kappa shape index (κ2) is 8.58. The van der Waals surface area contributed by atoms with Gasteiger partial charge in [-0.15, -0.1) is 0 Å². The van der Waals surface area contributed by atoms with Crippen molar-refractivity contribution in [2.24, 2.45) is 0 Å². The Morgan fingerprint density at radius 3 is 2.38 bits per heavy atom. The standard InChI is InChI=1S/C22H25BrN2O3S/c23-18-8-10-19(11-9-18)29(27,28)25-15-12-17-6-2-3-7-20(17)21(25)16-22(26)24-13-4-1-5-14-24/h2-3,6-11,21H,1,4-5,12-16H2/t21-/m1/s1. The molecule has 2 aromatic rings. The van der Waals surface area contributed by atoms with Crippen molar-refractivity contribution in [2.45, 2.75) is 43.0 Å². The predicted octanol–water partition coefficient (Wildman–Crippen LogP) is 4.14. The van der Waals surface area contributed by atoms with Crippen LogP contribution in [0.1, 0.15) is 42.9 Å². The van der Waals surface area contributed by atoms with Crippen molar-refractivity contribution in [1.82, 2.24) is 9.21 Å². The number of carbonyl (C=O) groups is 1. The molecule has 1 saturated heterocycles. The van der Waals surface area contributed by atoms with Crippen LogP contribution in [0.4, 0.5) is 0 Å². The van der Waals surface area contributed by atoms with E-state index in [2.05, 4.69) is 15.9 Å². The van der Waals surface area contributed by atoms with E-state index in [1.54, 1.807) is 24.3 Å². The molecule has 0 radical (unpaired) electrons. The topological polar surface area (TPSA) is 57.7 Å². The number of benzene rings is 2. The smallest absolute Gasteiger partial charge is 0.243 e. The molecule has 29 heavy (non-hydrogen) atoms. The molecular formula is C22H25BrN2O3S. The molecule has 4 rings (SSSR count). The molecule has 2 aromatic carbocycles. The average Bonchev–Trinajstić information content (AvgIpc) is 2.74. The van der Waals surface area contributed by atoms with E-state index >= 15 is 0 Å². The Hall–Kier alpha value is -1.70. The van der Waals surface area contributed by atoms with Crippen LogP contribution >= 0.6 is 15.9 Å². The molecule has 154 valence electrons. The number of hydrogen-bond acceptors (Lipinski definition) is 3. The first-order chi connectivity index (χ1) is 14.0. The van der Waals surface area contributed by atoms with Gasteiger partial charge in [-0.25, -0.2) is 8.42 Å². The summed E-state index contributed by atoms with van der Waals surface area (Å²) in [5, 5.41) is 0.